The Morgan fingerprint density at radius 3 is 2.81 bits per heavy atom. The summed E-state index contributed by atoms with van der Waals surface area (Å²) in [6.45, 7) is 4.10. The number of rotatable bonds is 2. The molecule has 3 rings (SSSR count). The molecule has 4 nitrogen and oxygen atoms in total. The Bertz CT molecular complexity index is 612. The van der Waals surface area contributed by atoms with Crippen LogP contribution in [-0.2, 0) is 9.84 Å². The molecule has 3 unspecified atom stereocenters. The van der Waals surface area contributed by atoms with Crippen molar-refractivity contribution in [2.45, 2.75) is 43.2 Å². The maximum absolute atomic E-state index is 12.2. The highest BCUT2D eigenvalue weighted by Crippen LogP contribution is 2.38. The van der Waals surface area contributed by atoms with Gasteiger partial charge in [-0.1, -0.05) is 18.2 Å². The predicted molar refractivity (Wildman–Crippen MR) is 83.8 cm³/mol. The van der Waals surface area contributed by atoms with Gasteiger partial charge in [0.2, 0.25) is 0 Å². The zero-order chi connectivity index (χ0) is 15.0. The zero-order valence-electron chi connectivity index (χ0n) is 12.5. The Hall–Kier alpha value is -0.910. The van der Waals surface area contributed by atoms with Crippen LogP contribution >= 0.6 is 0 Å². The van der Waals surface area contributed by atoms with E-state index in [1.54, 1.807) is 6.07 Å². The normalized spacial score (nSPS) is 30.6. The summed E-state index contributed by atoms with van der Waals surface area (Å²) in [6, 6.07) is 7.93. The van der Waals surface area contributed by atoms with Crippen molar-refractivity contribution < 1.29 is 8.42 Å². The number of hydrogen-bond acceptors (Lipinski definition) is 4. The Kier molecular flexibility index (Phi) is 4.08. The van der Waals surface area contributed by atoms with E-state index in [2.05, 4.69) is 11.8 Å². The number of sulfone groups is 1. The first-order chi connectivity index (χ1) is 9.99. The molecule has 0 amide bonds. The molecule has 0 spiro atoms. The van der Waals surface area contributed by atoms with Crippen molar-refractivity contribution in [2.75, 3.05) is 18.8 Å². The summed E-state index contributed by atoms with van der Waals surface area (Å²) in [5.41, 5.74) is 7.05. The lowest BCUT2D eigenvalue weighted by Crippen LogP contribution is -2.45. The lowest BCUT2D eigenvalue weighted by molar-refractivity contribution is 0.108. The fourth-order valence-corrected chi connectivity index (χ4v) is 5.31. The predicted octanol–water partition coefficient (Wildman–Crippen LogP) is 1.96. The van der Waals surface area contributed by atoms with Gasteiger partial charge in [0.1, 0.15) is 0 Å². The maximum atomic E-state index is 12.2. The van der Waals surface area contributed by atoms with Crippen molar-refractivity contribution in [2.24, 2.45) is 11.7 Å². The minimum absolute atomic E-state index is 0.204. The van der Waals surface area contributed by atoms with Crippen molar-refractivity contribution in [3.63, 3.8) is 0 Å². The van der Waals surface area contributed by atoms with Crippen LogP contribution in [0, 0.1) is 5.92 Å². The van der Waals surface area contributed by atoms with Crippen LogP contribution in [0.4, 0.5) is 0 Å². The van der Waals surface area contributed by atoms with Crippen molar-refractivity contribution in [1.29, 1.82) is 0 Å². The molecule has 1 fully saturated rings. The van der Waals surface area contributed by atoms with Gasteiger partial charge in [0, 0.05) is 18.6 Å². The monoisotopic (exact) mass is 308 g/mol. The molecular formula is C16H24N2O2S. The lowest BCUT2D eigenvalue weighted by Gasteiger charge is -2.41. The van der Waals surface area contributed by atoms with Crippen LogP contribution in [0.25, 0.3) is 0 Å². The molecule has 0 bridgehead atoms. The van der Waals surface area contributed by atoms with Crippen LogP contribution in [-0.4, -0.2) is 38.2 Å². The topological polar surface area (TPSA) is 63.4 Å². The molecule has 2 aliphatic rings. The standard InChI is InChI=1S/C16H24N2O2S/c1-12(17)13-5-4-9-18(11-13)15-8-10-21(19,20)16-7-3-2-6-14(15)16/h2-3,6-7,12-13,15H,4-5,8-11,17H2,1H3. The van der Waals surface area contributed by atoms with Crippen molar-refractivity contribution in [3.8, 4) is 0 Å². The quantitative estimate of drug-likeness (QED) is 0.907. The number of fused-ring (bicyclic) bond motifs is 1. The molecule has 2 N–H and O–H groups in total. The van der Waals surface area contributed by atoms with Gasteiger partial charge >= 0.3 is 0 Å². The number of nitrogens with zero attached hydrogens (tertiary/aromatic N) is 1. The van der Waals surface area contributed by atoms with E-state index in [-0.39, 0.29) is 17.8 Å². The molecule has 1 saturated heterocycles. The average Bonchev–Trinajstić information content (AvgIpc) is 2.47. The van der Waals surface area contributed by atoms with Crippen molar-refractivity contribution in [1.82, 2.24) is 4.90 Å². The smallest absolute Gasteiger partial charge is 0.178 e. The van der Waals surface area contributed by atoms with E-state index in [0.717, 1.165) is 25.1 Å². The molecule has 116 valence electrons. The summed E-state index contributed by atoms with van der Waals surface area (Å²) < 4.78 is 24.5. The second-order valence-electron chi connectivity index (χ2n) is 6.42. The average molecular weight is 308 g/mol. The first-order valence-corrected chi connectivity index (χ1v) is 9.45. The van der Waals surface area contributed by atoms with Gasteiger partial charge in [-0.25, -0.2) is 8.42 Å². The highest BCUT2D eigenvalue weighted by molar-refractivity contribution is 7.91. The number of hydrogen-bond donors (Lipinski definition) is 1. The van der Waals surface area contributed by atoms with E-state index < -0.39 is 9.84 Å². The van der Waals surface area contributed by atoms with Gasteiger partial charge in [0.05, 0.1) is 10.6 Å². The maximum Gasteiger partial charge on any atom is 0.178 e. The third-order valence-electron chi connectivity index (χ3n) is 4.95. The molecule has 0 aromatic heterocycles. The molecule has 3 atom stereocenters. The first kappa shape index (κ1) is 15.0. The summed E-state index contributed by atoms with van der Waals surface area (Å²) >= 11 is 0. The Morgan fingerprint density at radius 1 is 1.29 bits per heavy atom. The second kappa shape index (κ2) is 5.71. The number of piperidine rings is 1. The second-order valence-corrected chi connectivity index (χ2v) is 8.50. The van der Waals surface area contributed by atoms with Gasteiger partial charge in [-0.05, 0) is 50.3 Å². The van der Waals surface area contributed by atoms with Gasteiger partial charge in [-0.3, -0.25) is 4.90 Å². The molecular weight excluding hydrogens is 284 g/mol. The van der Waals surface area contributed by atoms with Gasteiger partial charge in [0.25, 0.3) is 0 Å². The van der Waals surface area contributed by atoms with E-state index in [9.17, 15) is 8.42 Å². The highest BCUT2D eigenvalue weighted by Gasteiger charge is 2.35. The fraction of sp³-hybridized carbons (Fsp3) is 0.625. The molecule has 2 heterocycles. The molecule has 0 radical (unpaired) electrons. The number of likely N-dealkylation sites (tertiary alicyclic amines) is 1. The van der Waals surface area contributed by atoms with Crippen LogP contribution in [0.1, 0.15) is 37.8 Å². The van der Waals surface area contributed by atoms with Gasteiger partial charge in [-0.15, -0.1) is 0 Å². The van der Waals surface area contributed by atoms with Crippen LogP contribution in [0.5, 0.6) is 0 Å². The van der Waals surface area contributed by atoms with Gasteiger partial charge in [0.15, 0.2) is 9.84 Å². The minimum atomic E-state index is -3.09. The molecule has 21 heavy (non-hydrogen) atoms. The number of nitrogens with two attached hydrogens (primary N) is 1. The first-order valence-electron chi connectivity index (χ1n) is 7.80. The molecule has 0 saturated carbocycles. The molecule has 1 aromatic rings. The van der Waals surface area contributed by atoms with E-state index >= 15 is 0 Å². The zero-order valence-corrected chi connectivity index (χ0v) is 13.3. The molecule has 5 heteroatoms. The SMILES string of the molecule is CC(N)C1CCCN(C2CCS(=O)(=O)c3ccccc32)C1. The van der Waals surface area contributed by atoms with Crippen LogP contribution in [0.3, 0.4) is 0 Å². The Balaban J connectivity index is 1.90. The van der Waals surface area contributed by atoms with Crippen LogP contribution < -0.4 is 5.73 Å². The van der Waals surface area contributed by atoms with E-state index in [0.29, 0.717) is 17.2 Å². The summed E-state index contributed by atoms with van der Waals surface area (Å²) in [7, 11) is -3.09. The van der Waals surface area contributed by atoms with E-state index in [1.807, 2.05) is 18.2 Å². The Labute approximate surface area is 127 Å². The summed E-state index contributed by atoms with van der Waals surface area (Å²) in [6.07, 6.45) is 3.03. The summed E-state index contributed by atoms with van der Waals surface area (Å²) in [4.78, 5) is 2.98. The molecule has 1 aromatic carbocycles. The van der Waals surface area contributed by atoms with Crippen molar-refractivity contribution >= 4 is 9.84 Å². The van der Waals surface area contributed by atoms with Gasteiger partial charge < -0.3 is 5.73 Å². The van der Waals surface area contributed by atoms with Gasteiger partial charge in [-0.2, -0.15) is 0 Å². The third-order valence-corrected chi connectivity index (χ3v) is 6.76. The van der Waals surface area contributed by atoms with Crippen molar-refractivity contribution in [3.05, 3.63) is 29.8 Å². The van der Waals surface area contributed by atoms with E-state index in [1.165, 1.54) is 6.42 Å². The largest absolute Gasteiger partial charge is 0.328 e. The summed E-state index contributed by atoms with van der Waals surface area (Å²) in [5, 5.41) is 0. The lowest BCUT2D eigenvalue weighted by atomic mass is 9.89. The van der Waals surface area contributed by atoms with Crippen LogP contribution in [0.15, 0.2) is 29.2 Å². The molecule has 0 aliphatic carbocycles. The Morgan fingerprint density at radius 2 is 2.05 bits per heavy atom. The number of benzene rings is 1. The van der Waals surface area contributed by atoms with E-state index in [4.69, 9.17) is 5.73 Å². The third kappa shape index (κ3) is 2.87. The minimum Gasteiger partial charge on any atom is -0.328 e. The fourth-order valence-electron chi connectivity index (χ4n) is 3.70. The summed E-state index contributed by atoms with van der Waals surface area (Å²) in [5.74, 6) is 0.776. The highest BCUT2D eigenvalue weighted by atomic mass is 32.2. The van der Waals surface area contributed by atoms with Crippen LogP contribution in [0.2, 0.25) is 0 Å². The molecule has 2 aliphatic heterocycles.